The fraction of sp³-hybridized carbons (Fsp3) is 0.875. The van der Waals surface area contributed by atoms with E-state index in [1.54, 1.807) is 0 Å². The van der Waals surface area contributed by atoms with Crippen LogP contribution in [0, 0.1) is 0 Å². The lowest BCUT2D eigenvalue weighted by Crippen LogP contribution is -2.40. The zero-order chi connectivity index (χ0) is 14.9. The maximum atomic E-state index is 6.17. The Morgan fingerprint density at radius 3 is 2.26 bits per heavy atom. The SMILES string of the molecule is C/C(=C\CO[Si](C)(C)C(C)(C)C)CCC1NC1(C)C. The van der Waals surface area contributed by atoms with Crippen LogP contribution in [0.25, 0.3) is 0 Å². The number of allylic oxidation sites excluding steroid dienone is 1. The molecule has 0 aromatic carbocycles. The van der Waals surface area contributed by atoms with Crippen LogP contribution in [0.5, 0.6) is 0 Å². The molecule has 3 heteroatoms. The van der Waals surface area contributed by atoms with Gasteiger partial charge in [0.1, 0.15) is 0 Å². The van der Waals surface area contributed by atoms with Gasteiger partial charge in [-0.1, -0.05) is 32.4 Å². The van der Waals surface area contributed by atoms with Gasteiger partial charge >= 0.3 is 0 Å². The number of rotatable bonds is 6. The van der Waals surface area contributed by atoms with E-state index in [9.17, 15) is 0 Å². The standard InChI is InChI=1S/C16H33NOSi/c1-13(9-10-14-16(5,6)17-14)11-12-18-19(7,8)15(2,3)4/h11,14,17H,9-10,12H2,1-8H3/b13-11+. The summed E-state index contributed by atoms with van der Waals surface area (Å²) in [4.78, 5) is 0. The van der Waals surface area contributed by atoms with Gasteiger partial charge in [-0.2, -0.15) is 0 Å². The second kappa shape index (κ2) is 5.70. The van der Waals surface area contributed by atoms with Gasteiger partial charge in [-0.05, 0) is 51.7 Å². The predicted octanol–water partition coefficient (Wildman–Crippen LogP) is 4.49. The van der Waals surface area contributed by atoms with Crippen LogP contribution < -0.4 is 5.32 Å². The minimum atomic E-state index is -1.58. The van der Waals surface area contributed by atoms with Crippen LogP contribution in [0.3, 0.4) is 0 Å². The van der Waals surface area contributed by atoms with Gasteiger partial charge in [0.05, 0.1) is 6.61 Å². The highest BCUT2D eigenvalue weighted by molar-refractivity contribution is 6.74. The van der Waals surface area contributed by atoms with E-state index in [0.717, 1.165) is 6.61 Å². The van der Waals surface area contributed by atoms with Crippen molar-refractivity contribution in [3.63, 3.8) is 0 Å². The van der Waals surface area contributed by atoms with E-state index in [1.165, 1.54) is 18.4 Å². The first-order valence-electron chi connectivity index (χ1n) is 7.53. The maximum absolute atomic E-state index is 6.17. The topological polar surface area (TPSA) is 31.2 Å². The molecule has 0 bridgehead atoms. The van der Waals surface area contributed by atoms with Crippen LogP contribution in [0.15, 0.2) is 11.6 Å². The first-order valence-corrected chi connectivity index (χ1v) is 10.4. The zero-order valence-electron chi connectivity index (χ0n) is 14.2. The molecular formula is C16H33NOSi. The Balaban J connectivity index is 2.29. The number of nitrogens with one attached hydrogen (secondary N) is 1. The zero-order valence-corrected chi connectivity index (χ0v) is 15.2. The fourth-order valence-electron chi connectivity index (χ4n) is 1.92. The molecular weight excluding hydrogens is 250 g/mol. The third-order valence-electron chi connectivity index (χ3n) is 4.84. The molecule has 1 aliphatic heterocycles. The molecule has 1 saturated heterocycles. The highest BCUT2D eigenvalue weighted by Crippen LogP contribution is 2.36. The first kappa shape index (κ1) is 16.9. The molecule has 1 atom stereocenters. The van der Waals surface area contributed by atoms with Gasteiger partial charge in [0.2, 0.25) is 0 Å². The molecule has 19 heavy (non-hydrogen) atoms. The van der Waals surface area contributed by atoms with Gasteiger partial charge in [-0.3, -0.25) is 0 Å². The molecule has 0 radical (unpaired) electrons. The molecule has 0 aromatic rings. The Kier molecular flexibility index (Phi) is 5.08. The summed E-state index contributed by atoms with van der Waals surface area (Å²) >= 11 is 0. The summed E-state index contributed by atoms with van der Waals surface area (Å²) in [5, 5.41) is 3.81. The minimum absolute atomic E-state index is 0.302. The Morgan fingerprint density at radius 1 is 1.32 bits per heavy atom. The van der Waals surface area contributed by atoms with Crippen molar-refractivity contribution in [2.24, 2.45) is 0 Å². The van der Waals surface area contributed by atoms with E-state index in [4.69, 9.17) is 4.43 Å². The maximum Gasteiger partial charge on any atom is 0.192 e. The first-order chi connectivity index (χ1) is 8.46. The quantitative estimate of drug-likeness (QED) is 0.442. The summed E-state index contributed by atoms with van der Waals surface area (Å²) in [6, 6.07) is 0.706. The highest BCUT2D eigenvalue weighted by Gasteiger charge is 2.43. The lowest BCUT2D eigenvalue weighted by molar-refractivity contribution is 0.327. The van der Waals surface area contributed by atoms with Crippen LogP contribution >= 0.6 is 0 Å². The second-order valence-corrected chi connectivity index (χ2v) is 12.9. The van der Waals surface area contributed by atoms with Gasteiger partial charge in [-0.25, -0.2) is 0 Å². The average molecular weight is 284 g/mol. The van der Waals surface area contributed by atoms with Crippen molar-refractivity contribution in [2.75, 3.05) is 6.61 Å². The minimum Gasteiger partial charge on any atom is -0.413 e. The van der Waals surface area contributed by atoms with Crippen LogP contribution in [0.1, 0.15) is 54.4 Å². The van der Waals surface area contributed by atoms with Crippen LogP contribution in [-0.4, -0.2) is 26.5 Å². The molecule has 1 heterocycles. The third kappa shape index (κ3) is 5.05. The Hall–Kier alpha value is -0.123. The smallest absolute Gasteiger partial charge is 0.192 e. The van der Waals surface area contributed by atoms with Gasteiger partial charge in [0, 0.05) is 11.6 Å². The molecule has 0 spiro atoms. The summed E-state index contributed by atoms with van der Waals surface area (Å²) in [7, 11) is -1.58. The van der Waals surface area contributed by atoms with E-state index in [1.807, 2.05) is 0 Å². The van der Waals surface area contributed by atoms with Crippen molar-refractivity contribution in [3.8, 4) is 0 Å². The van der Waals surface area contributed by atoms with E-state index < -0.39 is 8.32 Å². The highest BCUT2D eigenvalue weighted by atomic mass is 28.4. The van der Waals surface area contributed by atoms with Crippen molar-refractivity contribution in [3.05, 3.63) is 11.6 Å². The molecule has 0 saturated carbocycles. The summed E-state index contributed by atoms with van der Waals surface area (Å²) in [6.07, 6.45) is 4.70. The Labute approximate surface area is 121 Å². The molecule has 112 valence electrons. The molecule has 1 fully saturated rings. The van der Waals surface area contributed by atoms with Crippen molar-refractivity contribution in [1.82, 2.24) is 5.32 Å². The summed E-state index contributed by atoms with van der Waals surface area (Å²) in [5.74, 6) is 0. The molecule has 1 aliphatic rings. The molecule has 1 N–H and O–H groups in total. The van der Waals surface area contributed by atoms with Crippen molar-refractivity contribution >= 4 is 8.32 Å². The molecule has 1 rings (SSSR count). The van der Waals surface area contributed by atoms with Gasteiger partial charge in [0.15, 0.2) is 8.32 Å². The van der Waals surface area contributed by atoms with Gasteiger partial charge in [-0.15, -0.1) is 0 Å². The van der Waals surface area contributed by atoms with Crippen LogP contribution in [0.2, 0.25) is 18.1 Å². The molecule has 0 aromatic heterocycles. The van der Waals surface area contributed by atoms with Crippen LogP contribution in [0.4, 0.5) is 0 Å². The number of hydrogen-bond donors (Lipinski definition) is 1. The molecule has 0 aliphatic carbocycles. The van der Waals surface area contributed by atoms with Crippen molar-refractivity contribution in [2.45, 2.75) is 84.1 Å². The Morgan fingerprint density at radius 2 is 1.84 bits per heavy atom. The lowest BCUT2D eigenvalue weighted by atomic mass is 10.0. The van der Waals surface area contributed by atoms with Crippen molar-refractivity contribution in [1.29, 1.82) is 0 Å². The average Bonchev–Trinajstić information content (AvgIpc) is 2.81. The van der Waals surface area contributed by atoms with Crippen LogP contribution in [-0.2, 0) is 4.43 Å². The van der Waals surface area contributed by atoms with Gasteiger partial charge < -0.3 is 9.74 Å². The molecule has 1 unspecified atom stereocenters. The van der Waals surface area contributed by atoms with E-state index in [-0.39, 0.29) is 0 Å². The lowest BCUT2D eigenvalue weighted by Gasteiger charge is -2.35. The molecule has 0 amide bonds. The van der Waals surface area contributed by atoms with E-state index in [0.29, 0.717) is 16.6 Å². The third-order valence-corrected chi connectivity index (χ3v) is 9.34. The van der Waals surface area contributed by atoms with Gasteiger partial charge in [0.25, 0.3) is 0 Å². The summed E-state index contributed by atoms with van der Waals surface area (Å²) in [6.45, 7) is 19.0. The predicted molar refractivity (Wildman–Crippen MR) is 87.1 cm³/mol. The van der Waals surface area contributed by atoms with E-state index in [2.05, 4.69) is 66.0 Å². The van der Waals surface area contributed by atoms with Crippen molar-refractivity contribution < 1.29 is 4.43 Å². The second-order valence-electron chi connectivity index (χ2n) is 8.08. The summed E-state index contributed by atoms with van der Waals surface area (Å²) < 4.78 is 6.17. The van der Waals surface area contributed by atoms with E-state index >= 15 is 0 Å². The molecule has 2 nitrogen and oxygen atoms in total. The normalized spacial score (nSPS) is 23.6. The Bertz CT molecular complexity index is 339. The number of hydrogen-bond acceptors (Lipinski definition) is 2. The summed E-state index contributed by atoms with van der Waals surface area (Å²) in [5.41, 5.74) is 1.83. The monoisotopic (exact) mass is 283 g/mol. The fourth-order valence-corrected chi connectivity index (χ4v) is 2.86. The largest absolute Gasteiger partial charge is 0.413 e.